The van der Waals surface area contributed by atoms with E-state index in [-0.39, 0.29) is 6.04 Å². The lowest BCUT2D eigenvalue weighted by Crippen LogP contribution is -2.29. The highest BCUT2D eigenvalue weighted by Crippen LogP contribution is 2.31. The van der Waals surface area contributed by atoms with Crippen molar-refractivity contribution in [2.75, 3.05) is 0 Å². The van der Waals surface area contributed by atoms with Crippen molar-refractivity contribution in [1.82, 2.24) is 10.4 Å². The number of aromatic nitrogens is 1. The van der Waals surface area contributed by atoms with Crippen LogP contribution in [0.2, 0.25) is 0 Å². The molecular weight excluding hydrogens is 441 g/mol. The van der Waals surface area contributed by atoms with Gasteiger partial charge in [0.25, 0.3) is 0 Å². The molecule has 0 saturated heterocycles. The summed E-state index contributed by atoms with van der Waals surface area (Å²) in [5.41, 5.74) is 6.11. The number of fused-ring (bicyclic) bond motifs is 1. The summed E-state index contributed by atoms with van der Waals surface area (Å²) >= 11 is 5.86. The Bertz CT molecular complexity index is 786. The average Bonchev–Trinajstić information content (AvgIpc) is 2.51. The summed E-state index contributed by atoms with van der Waals surface area (Å²) in [4.78, 5) is 4.52. The van der Waals surface area contributed by atoms with Gasteiger partial charge < -0.3 is 0 Å². The predicted octanol–water partition coefficient (Wildman–Crippen LogP) is 4.15. The van der Waals surface area contributed by atoms with Gasteiger partial charge in [0.05, 0.1) is 11.6 Å². The van der Waals surface area contributed by atoms with E-state index in [1.165, 1.54) is 0 Å². The zero-order valence-electron chi connectivity index (χ0n) is 11.1. The van der Waals surface area contributed by atoms with Crippen LogP contribution in [0.5, 0.6) is 0 Å². The first-order chi connectivity index (χ1) is 10.2. The molecule has 1 unspecified atom stereocenters. The number of halogens is 2. The number of pyridine rings is 1. The molecule has 3 rings (SSSR count). The van der Waals surface area contributed by atoms with E-state index in [0.29, 0.717) is 0 Å². The summed E-state index contributed by atoms with van der Waals surface area (Å²) in [5.74, 6) is 5.85. The molecule has 21 heavy (non-hydrogen) atoms. The summed E-state index contributed by atoms with van der Waals surface area (Å²) in [7, 11) is 0. The minimum Gasteiger partial charge on any atom is -0.271 e. The van der Waals surface area contributed by atoms with Gasteiger partial charge in [0.15, 0.2) is 0 Å². The maximum absolute atomic E-state index is 5.85. The minimum atomic E-state index is -0.104. The molecule has 1 aromatic heterocycles. The highest BCUT2D eigenvalue weighted by molar-refractivity contribution is 14.1. The van der Waals surface area contributed by atoms with Gasteiger partial charge in [-0.2, -0.15) is 0 Å². The van der Waals surface area contributed by atoms with Crippen LogP contribution in [0.25, 0.3) is 10.9 Å². The number of hydrogen-bond acceptors (Lipinski definition) is 3. The Morgan fingerprint density at radius 3 is 2.71 bits per heavy atom. The largest absolute Gasteiger partial charge is 0.271 e. The minimum absolute atomic E-state index is 0.104. The van der Waals surface area contributed by atoms with Crippen LogP contribution in [-0.2, 0) is 0 Å². The Balaban J connectivity index is 2.21. The monoisotopic (exact) mass is 453 g/mol. The Morgan fingerprint density at radius 2 is 1.90 bits per heavy atom. The molecule has 0 bridgehead atoms. The fourth-order valence-corrected chi connectivity index (χ4v) is 3.47. The fourth-order valence-electron chi connectivity index (χ4n) is 2.44. The summed E-state index contributed by atoms with van der Waals surface area (Å²) in [5, 5.41) is 1.11. The predicted molar refractivity (Wildman–Crippen MR) is 97.8 cm³/mol. The van der Waals surface area contributed by atoms with Gasteiger partial charge in [-0.25, -0.2) is 5.43 Å². The van der Waals surface area contributed by atoms with Crippen LogP contribution in [0.1, 0.15) is 17.2 Å². The van der Waals surface area contributed by atoms with E-state index in [2.05, 4.69) is 79.3 Å². The number of nitrogens with two attached hydrogens (primary N) is 1. The smallest absolute Gasteiger partial charge is 0.0753 e. The normalized spacial score (nSPS) is 12.5. The van der Waals surface area contributed by atoms with E-state index in [0.717, 1.165) is 30.1 Å². The zero-order chi connectivity index (χ0) is 14.8. The maximum atomic E-state index is 5.85. The van der Waals surface area contributed by atoms with Gasteiger partial charge in [-0.05, 0) is 52.4 Å². The van der Waals surface area contributed by atoms with Gasteiger partial charge in [-0.3, -0.25) is 10.8 Å². The lowest BCUT2D eigenvalue weighted by Gasteiger charge is -2.20. The molecule has 3 nitrogen and oxygen atoms in total. The number of nitrogens with zero attached hydrogens (tertiary/aromatic N) is 1. The summed E-state index contributed by atoms with van der Waals surface area (Å²) in [6.45, 7) is 0. The number of rotatable bonds is 3. The number of para-hydroxylation sites is 1. The topological polar surface area (TPSA) is 50.9 Å². The molecule has 0 fully saturated rings. The molecular formula is C16H13BrIN3. The average molecular weight is 454 g/mol. The van der Waals surface area contributed by atoms with Crippen molar-refractivity contribution in [2.45, 2.75) is 6.04 Å². The van der Waals surface area contributed by atoms with Crippen molar-refractivity contribution in [2.24, 2.45) is 5.84 Å². The third kappa shape index (κ3) is 2.96. The summed E-state index contributed by atoms with van der Waals surface area (Å²) < 4.78 is 2.19. The molecule has 0 aliphatic carbocycles. The van der Waals surface area contributed by atoms with E-state index in [4.69, 9.17) is 5.84 Å². The molecule has 0 amide bonds. The molecule has 0 radical (unpaired) electrons. The highest BCUT2D eigenvalue weighted by atomic mass is 127. The molecule has 0 saturated carbocycles. The molecule has 106 valence electrons. The van der Waals surface area contributed by atoms with Crippen LogP contribution in [0.15, 0.2) is 59.2 Å². The van der Waals surface area contributed by atoms with Gasteiger partial charge in [0, 0.05) is 25.2 Å². The summed E-state index contributed by atoms with van der Waals surface area (Å²) in [6, 6.07) is 16.3. The van der Waals surface area contributed by atoms with Crippen molar-refractivity contribution in [3.8, 4) is 0 Å². The Morgan fingerprint density at radius 1 is 1.10 bits per heavy atom. The van der Waals surface area contributed by atoms with Gasteiger partial charge in [0.2, 0.25) is 0 Å². The fraction of sp³-hybridized carbons (Fsp3) is 0.0625. The highest BCUT2D eigenvalue weighted by Gasteiger charge is 2.18. The molecule has 3 N–H and O–H groups in total. The third-order valence-corrected chi connectivity index (χ3v) is 4.89. The van der Waals surface area contributed by atoms with Crippen LogP contribution in [0, 0.1) is 3.57 Å². The van der Waals surface area contributed by atoms with Gasteiger partial charge in [-0.15, -0.1) is 0 Å². The van der Waals surface area contributed by atoms with Crippen LogP contribution in [-0.4, -0.2) is 4.98 Å². The Hall–Kier alpha value is -1.02. The Kier molecular flexibility index (Phi) is 4.54. The molecule has 0 aliphatic rings. The molecule has 1 atom stereocenters. The van der Waals surface area contributed by atoms with Crippen molar-refractivity contribution < 1.29 is 0 Å². The second-order valence-electron chi connectivity index (χ2n) is 4.69. The standard InChI is InChI=1S/C16H13BrIN3/c17-11-6-7-14(18)13(9-11)16(21-19)12-5-1-3-10-4-2-8-20-15(10)12/h1-9,16,21H,19H2. The van der Waals surface area contributed by atoms with Gasteiger partial charge in [-0.1, -0.05) is 40.2 Å². The van der Waals surface area contributed by atoms with Gasteiger partial charge in [0.1, 0.15) is 0 Å². The molecule has 2 aromatic carbocycles. The first kappa shape index (κ1) is 14.9. The van der Waals surface area contributed by atoms with Crippen molar-refractivity contribution in [1.29, 1.82) is 0 Å². The number of nitrogens with one attached hydrogen (secondary N) is 1. The molecule has 5 heteroatoms. The second-order valence-corrected chi connectivity index (χ2v) is 6.77. The number of hydrogen-bond donors (Lipinski definition) is 2. The first-order valence-electron chi connectivity index (χ1n) is 6.45. The quantitative estimate of drug-likeness (QED) is 0.355. The Labute approximate surface area is 145 Å². The molecule has 0 spiro atoms. The first-order valence-corrected chi connectivity index (χ1v) is 8.32. The van der Waals surface area contributed by atoms with Crippen LogP contribution in [0.3, 0.4) is 0 Å². The van der Waals surface area contributed by atoms with Crippen LogP contribution < -0.4 is 11.3 Å². The van der Waals surface area contributed by atoms with E-state index in [1.54, 1.807) is 0 Å². The lowest BCUT2D eigenvalue weighted by atomic mass is 9.97. The molecule has 1 heterocycles. The zero-order valence-corrected chi connectivity index (χ0v) is 14.8. The molecule has 3 aromatic rings. The maximum Gasteiger partial charge on any atom is 0.0753 e. The SMILES string of the molecule is NNC(c1cc(Br)ccc1I)c1cccc2cccnc12. The number of hydrazine groups is 1. The van der Waals surface area contributed by atoms with Gasteiger partial charge >= 0.3 is 0 Å². The van der Waals surface area contributed by atoms with E-state index >= 15 is 0 Å². The van der Waals surface area contributed by atoms with E-state index in [1.807, 2.05) is 24.4 Å². The number of benzene rings is 2. The van der Waals surface area contributed by atoms with E-state index in [9.17, 15) is 0 Å². The van der Waals surface area contributed by atoms with E-state index < -0.39 is 0 Å². The third-order valence-electron chi connectivity index (χ3n) is 3.41. The van der Waals surface area contributed by atoms with Crippen LogP contribution >= 0.6 is 38.5 Å². The second kappa shape index (κ2) is 6.39. The lowest BCUT2D eigenvalue weighted by molar-refractivity contribution is 0.637. The van der Waals surface area contributed by atoms with Crippen molar-refractivity contribution >= 4 is 49.4 Å². The van der Waals surface area contributed by atoms with Crippen LogP contribution in [0.4, 0.5) is 0 Å². The molecule has 0 aliphatic heterocycles. The van der Waals surface area contributed by atoms with Crippen molar-refractivity contribution in [3.05, 3.63) is 73.9 Å². The van der Waals surface area contributed by atoms with Crippen molar-refractivity contribution in [3.63, 3.8) is 0 Å². The summed E-state index contributed by atoms with van der Waals surface area (Å²) in [6.07, 6.45) is 1.81.